The summed E-state index contributed by atoms with van der Waals surface area (Å²) >= 11 is 0. The highest BCUT2D eigenvalue weighted by atomic mass is 32.2. The van der Waals surface area contributed by atoms with Gasteiger partial charge in [0.05, 0.1) is 18.8 Å². The minimum atomic E-state index is -4.83. The average molecular weight is 606 g/mol. The van der Waals surface area contributed by atoms with E-state index in [9.17, 15) is 31.2 Å². The lowest BCUT2D eigenvalue weighted by atomic mass is 9.85. The lowest BCUT2D eigenvalue weighted by Gasteiger charge is -2.37. The number of aryl methyl sites for hydroxylation is 1. The van der Waals surface area contributed by atoms with Crippen molar-refractivity contribution in [2.45, 2.75) is 77.3 Å². The van der Waals surface area contributed by atoms with E-state index in [1.54, 1.807) is 27.7 Å². The molecule has 0 radical (unpaired) electrons. The van der Waals surface area contributed by atoms with Gasteiger partial charge in [0.2, 0.25) is 11.5 Å². The Bertz CT molecular complexity index is 1410. The van der Waals surface area contributed by atoms with Crippen molar-refractivity contribution >= 4 is 33.4 Å². The Morgan fingerprint density at radius 2 is 1.85 bits per heavy atom. The van der Waals surface area contributed by atoms with Crippen LogP contribution in [0.1, 0.15) is 48.0 Å². The Morgan fingerprint density at radius 3 is 2.41 bits per heavy atom. The normalized spacial score (nSPS) is 16.0. The highest BCUT2D eigenvalue weighted by Crippen LogP contribution is 2.42. The summed E-state index contributed by atoms with van der Waals surface area (Å²) in [6.45, 7) is 8.28. The van der Waals surface area contributed by atoms with E-state index in [-0.39, 0.29) is 47.5 Å². The number of alkyl halides is 3. The first kappa shape index (κ1) is 31.8. The van der Waals surface area contributed by atoms with Crippen LogP contribution in [0.4, 0.5) is 29.3 Å². The monoisotopic (exact) mass is 605 g/mol. The largest absolute Gasteiger partial charge is 0.486 e. The summed E-state index contributed by atoms with van der Waals surface area (Å²) in [5.74, 6) is -0.645. The Balaban J connectivity index is 2.06. The smallest absolute Gasteiger partial charge is 0.427 e. The molecule has 1 aliphatic heterocycles. The quantitative estimate of drug-likeness (QED) is 0.411. The van der Waals surface area contributed by atoms with Gasteiger partial charge in [0.1, 0.15) is 11.9 Å². The molecule has 3 N–H and O–H groups in total. The zero-order valence-electron chi connectivity index (χ0n) is 23.5. The molecule has 0 bridgehead atoms. The molecule has 2 amide bonds. The number of benzene rings is 1. The zero-order chi connectivity index (χ0) is 31.0. The van der Waals surface area contributed by atoms with Crippen LogP contribution >= 0.6 is 0 Å². The van der Waals surface area contributed by atoms with Crippen molar-refractivity contribution in [1.82, 2.24) is 9.78 Å². The minimum absolute atomic E-state index is 0.0160. The third kappa shape index (κ3) is 6.80. The minimum Gasteiger partial charge on any atom is -0.486 e. The van der Waals surface area contributed by atoms with Crippen LogP contribution in [-0.2, 0) is 26.1 Å². The fourth-order valence-electron chi connectivity index (χ4n) is 3.91. The van der Waals surface area contributed by atoms with E-state index in [0.717, 1.165) is 4.31 Å². The van der Waals surface area contributed by atoms with Crippen LogP contribution in [0, 0.1) is 5.41 Å². The summed E-state index contributed by atoms with van der Waals surface area (Å²) < 4.78 is 86.1. The Hall–Kier alpha value is -3.69. The molecule has 2 aromatic rings. The van der Waals surface area contributed by atoms with Crippen molar-refractivity contribution in [3.05, 3.63) is 24.4 Å². The molecule has 0 spiro atoms. The maximum absolute atomic E-state index is 14.1. The number of ether oxygens (including phenoxy) is 3. The number of nitrogens with zero attached hydrogens (tertiary/aromatic N) is 3. The molecule has 3 rings (SSSR count). The summed E-state index contributed by atoms with van der Waals surface area (Å²) in [6, 6.07) is 3.90. The predicted octanol–water partition coefficient (Wildman–Crippen LogP) is 4.05. The third-order valence-corrected chi connectivity index (χ3v) is 8.20. The van der Waals surface area contributed by atoms with Gasteiger partial charge >= 0.3 is 12.3 Å². The molecule has 1 atom stereocenters. The second-order valence-corrected chi connectivity index (χ2v) is 12.4. The van der Waals surface area contributed by atoms with Crippen LogP contribution in [-0.4, -0.2) is 61.2 Å². The number of primary amides is 1. The lowest BCUT2D eigenvalue weighted by Crippen LogP contribution is -2.47. The summed E-state index contributed by atoms with van der Waals surface area (Å²) in [5, 5.41) is 6.38. The lowest BCUT2D eigenvalue weighted by molar-refractivity contribution is -0.242. The van der Waals surface area contributed by atoms with Gasteiger partial charge in [-0.15, -0.1) is 5.10 Å². The number of carbonyl (C=O) groups is 2. The maximum Gasteiger partial charge on any atom is 0.427 e. The van der Waals surface area contributed by atoms with Gasteiger partial charge in [0.25, 0.3) is 15.9 Å². The number of rotatable bonds is 10. The molecule has 0 aliphatic carbocycles. The summed E-state index contributed by atoms with van der Waals surface area (Å²) in [6.07, 6.45) is -5.65. The van der Waals surface area contributed by atoms with Gasteiger partial charge in [0, 0.05) is 23.8 Å². The van der Waals surface area contributed by atoms with Gasteiger partial charge in [-0.05, 0) is 52.3 Å². The summed E-state index contributed by atoms with van der Waals surface area (Å²) in [7, 11) is -4.38. The molecule has 0 fully saturated rings. The van der Waals surface area contributed by atoms with Gasteiger partial charge in [-0.2, -0.15) is 13.2 Å². The maximum atomic E-state index is 14.1. The van der Waals surface area contributed by atoms with E-state index >= 15 is 0 Å². The van der Waals surface area contributed by atoms with Gasteiger partial charge in [-0.25, -0.2) is 13.2 Å². The number of hydrogen-bond acceptors (Lipinski definition) is 8. The topological polar surface area (TPSA) is 155 Å². The van der Waals surface area contributed by atoms with Crippen LogP contribution < -0.4 is 24.8 Å². The standard InChI is InChI=1S/C25H34F3N5O7S/c1-7-32-14-19(20(31-32)38-8-2)41(36,37)33-13-16(12-23(3,4)21(29)34)39-18-10-9-15(11-17(18)33)30-22(35)40-24(5,6)25(26,27)28/h9-11,14,16H,7-8,12-13H2,1-6H3,(H2,29,34)(H,30,35)/t16-/m0/s1. The van der Waals surface area contributed by atoms with E-state index < -0.39 is 45.3 Å². The number of nitrogens with one attached hydrogen (secondary N) is 1. The van der Waals surface area contributed by atoms with Crippen LogP contribution in [0.3, 0.4) is 0 Å². The Labute approximate surface area is 235 Å². The Morgan fingerprint density at radius 1 is 1.20 bits per heavy atom. The first-order chi connectivity index (χ1) is 18.8. The zero-order valence-corrected chi connectivity index (χ0v) is 24.4. The SMILES string of the molecule is CCOc1nn(CC)cc1S(=O)(=O)N1C[C@H](CC(C)(C)C(N)=O)Oc2ccc(NC(=O)OC(C)(C)C(F)(F)F)cc21. The molecule has 228 valence electrons. The van der Waals surface area contributed by atoms with E-state index in [0.29, 0.717) is 20.4 Å². The number of sulfonamides is 1. The molecule has 41 heavy (non-hydrogen) atoms. The highest BCUT2D eigenvalue weighted by Gasteiger charge is 2.51. The molecular weight excluding hydrogens is 571 g/mol. The van der Waals surface area contributed by atoms with E-state index in [1.165, 1.54) is 29.1 Å². The Kier molecular flexibility index (Phi) is 8.77. The molecule has 1 aromatic carbocycles. The van der Waals surface area contributed by atoms with Crippen molar-refractivity contribution < 1.29 is 45.4 Å². The number of anilines is 2. The summed E-state index contributed by atoms with van der Waals surface area (Å²) in [4.78, 5) is 24.1. The molecule has 1 aromatic heterocycles. The average Bonchev–Trinajstić information content (AvgIpc) is 3.26. The van der Waals surface area contributed by atoms with Crippen molar-refractivity contribution in [2.75, 3.05) is 22.8 Å². The molecule has 2 heterocycles. The first-order valence-corrected chi connectivity index (χ1v) is 14.2. The number of aromatic nitrogens is 2. The van der Waals surface area contributed by atoms with Crippen LogP contribution in [0.5, 0.6) is 11.6 Å². The van der Waals surface area contributed by atoms with Crippen molar-refractivity contribution in [3.8, 4) is 11.6 Å². The molecule has 12 nitrogen and oxygen atoms in total. The predicted molar refractivity (Wildman–Crippen MR) is 142 cm³/mol. The van der Waals surface area contributed by atoms with Crippen molar-refractivity contribution in [1.29, 1.82) is 0 Å². The van der Waals surface area contributed by atoms with Crippen LogP contribution in [0.2, 0.25) is 0 Å². The highest BCUT2D eigenvalue weighted by molar-refractivity contribution is 7.93. The fraction of sp³-hybridized carbons (Fsp3) is 0.560. The fourth-order valence-corrected chi connectivity index (χ4v) is 5.48. The van der Waals surface area contributed by atoms with E-state index in [1.807, 2.05) is 0 Å². The molecule has 16 heteroatoms. The van der Waals surface area contributed by atoms with E-state index in [2.05, 4.69) is 15.2 Å². The second kappa shape index (κ2) is 11.3. The molecule has 1 aliphatic rings. The first-order valence-electron chi connectivity index (χ1n) is 12.7. The number of amides is 2. The van der Waals surface area contributed by atoms with Crippen molar-refractivity contribution in [2.24, 2.45) is 11.1 Å². The third-order valence-electron chi connectivity index (χ3n) is 6.44. The number of fused-ring (bicyclic) bond motifs is 1. The van der Waals surface area contributed by atoms with Crippen molar-refractivity contribution in [3.63, 3.8) is 0 Å². The van der Waals surface area contributed by atoms with Gasteiger partial charge in [-0.3, -0.25) is 19.1 Å². The van der Waals surface area contributed by atoms with Gasteiger partial charge in [0.15, 0.2) is 4.90 Å². The van der Waals surface area contributed by atoms with E-state index in [4.69, 9.17) is 15.2 Å². The molecular formula is C25H34F3N5O7S. The van der Waals surface area contributed by atoms with Crippen LogP contribution in [0.15, 0.2) is 29.3 Å². The van der Waals surface area contributed by atoms with Gasteiger partial charge < -0.3 is 19.9 Å². The molecule has 0 saturated heterocycles. The summed E-state index contributed by atoms with van der Waals surface area (Å²) in [5.41, 5.74) is 1.63. The van der Waals surface area contributed by atoms with Gasteiger partial charge in [-0.1, -0.05) is 13.8 Å². The number of nitrogens with two attached hydrogens (primary N) is 1. The molecule has 0 unspecified atom stereocenters. The second-order valence-electron chi connectivity index (χ2n) is 10.5. The number of carbonyl (C=O) groups excluding carboxylic acids is 2. The number of hydrogen-bond donors (Lipinski definition) is 2. The van der Waals surface area contributed by atoms with Crippen LogP contribution in [0.25, 0.3) is 0 Å². The molecule has 0 saturated carbocycles. The number of halogens is 3.